The van der Waals surface area contributed by atoms with Gasteiger partial charge in [0.25, 0.3) is 0 Å². The number of nitrogens with zero attached hydrogens (tertiary/aromatic N) is 2. The number of benzene rings is 2. The largest absolute Gasteiger partial charge is 0.444 e. The van der Waals surface area contributed by atoms with Crippen molar-refractivity contribution in [3.05, 3.63) is 64.2 Å². The molecule has 180 valence electrons. The van der Waals surface area contributed by atoms with Crippen molar-refractivity contribution in [3.8, 4) is 0 Å². The number of carbonyl (C=O) groups is 2. The number of carbonyl (C=O) groups excluding carboxylic acids is 2. The van der Waals surface area contributed by atoms with E-state index in [1.54, 1.807) is 40.0 Å². The van der Waals surface area contributed by atoms with Crippen molar-refractivity contribution in [2.45, 2.75) is 45.4 Å². The molecule has 1 heterocycles. The number of halogens is 1. The molecule has 0 spiro atoms. The van der Waals surface area contributed by atoms with Crippen LogP contribution < -0.4 is 10.6 Å². The third-order valence-electron chi connectivity index (χ3n) is 5.27. The van der Waals surface area contributed by atoms with Gasteiger partial charge >= 0.3 is 6.09 Å². The molecule has 9 heteroatoms. The molecule has 1 aliphatic rings. The van der Waals surface area contributed by atoms with E-state index < -0.39 is 17.7 Å². The Morgan fingerprint density at radius 3 is 2.68 bits per heavy atom. The minimum absolute atomic E-state index is 0.247. The normalized spacial score (nSPS) is 16.9. The standard InChI is InChI=1S/C25H30ClN5O3/c1-25(2,3)34-24(33)31-15-18(10-16-6-5-7-19(26)11-16)13-22(31)23(32)29-14-17-8-9-20(28-4)21(12-17)30-27/h5-12,22,27-28H,13-15H2,1-4H3,(H,29,32)/b18-10+,30-27?. The Kier molecular flexibility index (Phi) is 7.94. The SMILES string of the molecule is CNc1ccc(CNC(=O)C2C/C(=C\c3cccc(Cl)c3)CN2C(=O)OC(C)(C)C)cc1N=N. The van der Waals surface area contributed by atoms with Crippen molar-refractivity contribution in [2.24, 2.45) is 5.11 Å². The lowest BCUT2D eigenvalue weighted by Crippen LogP contribution is -2.47. The first-order chi connectivity index (χ1) is 16.1. The third-order valence-corrected chi connectivity index (χ3v) is 5.51. The van der Waals surface area contributed by atoms with E-state index in [0.717, 1.165) is 22.4 Å². The van der Waals surface area contributed by atoms with Gasteiger partial charge in [0.05, 0.1) is 5.69 Å². The number of rotatable bonds is 6. The molecule has 1 aliphatic heterocycles. The molecule has 0 aliphatic carbocycles. The molecule has 0 saturated carbocycles. The summed E-state index contributed by atoms with van der Waals surface area (Å²) in [5.41, 5.74) is 10.5. The van der Waals surface area contributed by atoms with Crippen LogP contribution in [-0.4, -0.2) is 42.1 Å². The summed E-state index contributed by atoms with van der Waals surface area (Å²) < 4.78 is 5.56. The Morgan fingerprint density at radius 1 is 1.26 bits per heavy atom. The summed E-state index contributed by atoms with van der Waals surface area (Å²) >= 11 is 6.10. The van der Waals surface area contributed by atoms with Crippen molar-refractivity contribution >= 4 is 41.1 Å². The summed E-state index contributed by atoms with van der Waals surface area (Å²) in [7, 11) is 1.76. The highest BCUT2D eigenvalue weighted by molar-refractivity contribution is 6.30. The molecule has 3 rings (SSSR count). The first-order valence-electron chi connectivity index (χ1n) is 11.0. The summed E-state index contributed by atoms with van der Waals surface area (Å²) in [6.07, 6.45) is 1.81. The van der Waals surface area contributed by atoms with Gasteiger partial charge in [-0.2, -0.15) is 5.11 Å². The fourth-order valence-electron chi connectivity index (χ4n) is 3.73. The van der Waals surface area contributed by atoms with Gasteiger partial charge in [-0.15, -0.1) is 0 Å². The highest BCUT2D eigenvalue weighted by Gasteiger charge is 2.38. The fourth-order valence-corrected chi connectivity index (χ4v) is 3.93. The maximum absolute atomic E-state index is 13.1. The topological polar surface area (TPSA) is 107 Å². The van der Waals surface area contributed by atoms with E-state index in [1.165, 1.54) is 4.90 Å². The minimum atomic E-state index is -0.697. The van der Waals surface area contributed by atoms with E-state index in [1.807, 2.05) is 36.4 Å². The van der Waals surface area contributed by atoms with Crippen LogP contribution in [0, 0.1) is 5.53 Å². The highest BCUT2D eigenvalue weighted by atomic mass is 35.5. The Balaban J connectivity index is 1.78. The second-order valence-electron chi connectivity index (χ2n) is 9.12. The molecule has 34 heavy (non-hydrogen) atoms. The van der Waals surface area contributed by atoms with Gasteiger partial charge in [-0.05, 0) is 68.2 Å². The second kappa shape index (κ2) is 10.7. The van der Waals surface area contributed by atoms with Crippen LogP contribution in [0.1, 0.15) is 38.3 Å². The molecule has 8 nitrogen and oxygen atoms in total. The van der Waals surface area contributed by atoms with Gasteiger partial charge in [0.1, 0.15) is 17.3 Å². The Hall–Kier alpha value is -3.39. The van der Waals surface area contributed by atoms with Gasteiger partial charge < -0.3 is 15.4 Å². The van der Waals surface area contributed by atoms with Gasteiger partial charge in [0, 0.05) is 25.2 Å². The number of nitrogens with one attached hydrogen (secondary N) is 3. The number of anilines is 1. The smallest absolute Gasteiger partial charge is 0.411 e. The van der Waals surface area contributed by atoms with Crippen molar-refractivity contribution in [1.82, 2.24) is 10.2 Å². The lowest BCUT2D eigenvalue weighted by Gasteiger charge is -2.27. The van der Waals surface area contributed by atoms with Crippen LogP contribution in [0.4, 0.5) is 16.2 Å². The molecule has 1 atom stereocenters. The van der Waals surface area contributed by atoms with Crippen LogP contribution in [-0.2, 0) is 16.1 Å². The first kappa shape index (κ1) is 25.2. The van der Waals surface area contributed by atoms with E-state index in [0.29, 0.717) is 17.1 Å². The van der Waals surface area contributed by atoms with Gasteiger partial charge in [0.2, 0.25) is 5.91 Å². The average Bonchev–Trinajstić information content (AvgIpc) is 3.20. The van der Waals surface area contributed by atoms with E-state index in [-0.39, 0.29) is 19.0 Å². The summed E-state index contributed by atoms with van der Waals surface area (Å²) in [6.45, 7) is 5.92. The lowest BCUT2D eigenvalue weighted by molar-refractivity contribution is -0.125. The van der Waals surface area contributed by atoms with E-state index in [4.69, 9.17) is 21.9 Å². The molecular formula is C25H30ClN5O3. The van der Waals surface area contributed by atoms with Crippen LogP contribution >= 0.6 is 11.6 Å². The molecule has 0 aromatic heterocycles. The zero-order valence-corrected chi connectivity index (χ0v) is 20.6. The number of likely N-dealkylation sites (tertiary alicyclic amines) is 1. The average molecular weight is 484 g/mol. The fraction of sp³-hybridized carbons (Fsp3) is 0.360. The van der Waals surface area contributed by atoms with Crippen LogP contribution in [0.5, 0.6) is 0 Å². The van der Waals surface area contributed by atoms with Gasteiger partial charge in [-0.25, -0.2) is 10.3 Å². The molecule has 3 N–H and O–H groups in total. The van der Waals surface area contributed by atoms with E-state index in [9.17, 15) is 9.59 Å². The van der Waals surface area contributed by atoms with Crippen molar-refractivity contribution in [3.63, 3.8) is 0 Å². The maximum Gasteiger partial charge on any atom is 0.411 e. The molecule has 1 unspecified atom stereocenters. The zero-order chi connectivity index (χ0) is 24.9. The molecule has 0 bridgehead atoms. The van der Waals surface area contributed by atoms with E-state index in [2.05, 4.69) is 15.7 Å². The molecule has 0 radical (unpaired) electrons. The quantitative estimate of drug-likeness (QED) is 0.454. The molecule has 2 aromatic rings. The Morgan fingerprint density at radius 2 is 2.03 bits per heavy atom. The number of amides is 2. The number of hydrogen-bond donors (Lipinski definition) is 3. The third kappa shape index (κ3) is 6.57. The molecule has 1 saturated heterocycles. The predicted molar refractivity (Wildman–Crippen MR) is 133 cm³/mol. The van der Waals surface area contributed by atoms with Crippen LogP contribution in [0.2, 0.25) is 5.02 Å². The van der Waals surface area contributed by atoms with Crippen LogP contribution in [0.25, 0.3) is 6.08 Å². The Labute approximate surface area is 204 Å². The van der Waals surface area contributed by atoms with Crippen LogP contribution in [0.15, 0.2) is 53.2 Å². The molecule has 1 fully saturated rings. The summed E-state index contributed by atoms with van der Waals surface area (Å²) in [5, 5.41) is 10.0. The number of hydrogen-bond acceptors (Lipinski definition) is 6. The Bertz CT molecular complexity index is 1110. The zero-order valence-electron chi connectivity index (χ0n) is 19.8. The first-order valence-corrected chi connectivity index (χ1v) is 11.4. The summed E-state index contributed by atoms with van der Waals surface area (Å²) in [5.74, 6) is -0.276. The molecule has 2 amide bonds. The van der Waals surface area contributed by atoms with Gasteiger partial charge in [-0.1, -0.05) is 35.9 Å². The molecule has 2 aromatic carbocycles. The summed E-state index contributed by atoms with van der Waals surface area (Å²) in [6, 6.07) is 12.1. The lowest BCUT2D eigenvalue weighted by atomic mass is 10.1. The second-order valence-corrected chi connectivity index (χ2v) is 9.55. The van der Waals surface area contributed by atoms with Crippen molar-refractivity contribution in [1.29, 1.82) is 5.53 Å². The molecular weight excluding hydrogens is 454 g/mol. The predicted octanol–water partition coefficient (Wildman–Crippen LogP) is 5.75. The van der Waals surface area contributed by atoms with Crippen molar-refractivity contribution in [2.75, 3.05) is 18.9 Å². The van der Waals surface area contributed by atoms with E-state index >= 15 is 0 Å². The highest BCUT2D eigenvalue weighted by Crippen LogP contribution is 2.28. The van der Waals surface area contributed by atoms with Gasteiger partial charge in [-0.3, -0.25) is 9.69 Å². The number of ether oxygens (including phenoxy) is 1. The minimum Gasteiger partial charge on any atom is -0.444 e. The van der Waals surface area contributed by atoms with Crippen LogP contribution in [0.3, 0.4) is 0 Å². The maximum atomic E-state index is 13.1. The van der Waals surface area contributed by atoms with Gasteiger partial charge in [0.15, 0.2) is 0 Å². The summed E-state index contributed by atoms with van der Waals surface area (Å²) in [4.78, 5) is 27.5. The van der Waals surface area contributed by atoms with Crippen molar-refractivity contribution < 1.29 is 14.3 Å². The monoisotopic (exact) mass is 483 g/mol.